The van der Waals surface area contributed by atoms with Crippen molar-refractivity contribution < 1.29 is 22.8 Å². The number of rotatable bonds is 7. The SMILES string of the molecule is CCCCOc1cc([N+](=O)[O-])cc(S(=O)(=O)Cl)c1OC. The molecule has 0 bridgehead atoms. The lowest BCUT2D eigenvalue weighted by Gasteiger charge is -2.12. The van der Waals surface area contributed by atoms with E-state index < -0.39 is 24.6 Å². The molecule has 7 nitrogen and oxygen atoms in total. The highest BCUT2D eigenvalue weighted by atomic mass is 35.7. The zero-order chi connectivity index (χ0) is 15.3. The minimum Gasteiger partial charge on any atom is -0.492 e. The molecule has 0 aromatic heterocycles. The van der Waals surface area contributed by atoms with Gasteiger partial charge in [-0.05, 0) is 6.42 Å². The van der Waals surface area contributed by atoms with Gasteiger partial charge in [-0.1, -0.05) is 13.3 Å². The summed E-state index contributed by atoms with van der Waals surface area (Å²) in [5.74, 6) is -0.156. The van der Waals surface area contributed by atoms with Gasteiger partial charge in [0.25, 0.3) is 14.7 Å². The number of ether oxygens (including phenoxy) is 2. The van der Waals surface area contributed by atoms with Crippen LogP contribution in [0.5, 0.6) is 11.5 Å². The Morgan fingerprint density at radius 2 is 2.05 bits per heavy atom. The Balaban J connectivity index is 3.39. The van der Waals surface area contributed by atoms with Gasteiger partial charge < -0.3 is 9.47 Å². The molecule has 0 aliphatic rings. The third kappa shape index (κ3) is 3.97. The lowest BCUT2D eigenvalue weighted by molar-refractivity contribution is -0.385. The second-order valence-electron chi connectivity index (χ2n) is 3.87. The molecule has 1 aromatic carbocycles. The lowest BCUT2D eigenvalue weighted by Crippen LogP contribution is -2.04. The molecule has 0 radical (unpaired) electrons. The quantitative estimate of drug-likeness (QED) is 0.331. The molecule has 0 atom stereocenters. The van der Waals surface area contributed by atoms with Gasteiger partial charge >= 0.3 is 0 Å². The summed E-state index contributed by atoms with van der Waals surface area (Å²) >= 11 is 0. The Bertz CT molecular complexity index is 601. The van der Waals surface area contributed by atoms with E-state index in [9.17, 15) is 18.5 Å². The molecule has 20 heavy (non-hydrogen) atoms. The first-order valence-electron chi connectivity index (χ1n) is 5.75. The molecule has 0 saturated heterocycles. The molecule has 0 heterocycles. The van der Waals surface area contributed by atoms with Crippen LogP contribution in [0.3, 0.4) is 0 Å². The van der Waals surface area contributed by atoms with Gasteiger partial charge in [-0.3, -0.25) is 10.1 Å². The van der Waals surface area contributed by atoms with Crippen LogP contribution < -0.4 is 9.47 Å². The van der Waals surface area contributed by atoms with Crippen molar-refractivity contribution in [3.8, 4) is 11.5 Å². The summed E-state index contributed by atoms with van der Waals surface area (Å²) in [6, 6.07) is 1.95. The number of nitro groups is 1. The third-order valence-corrected chi connectivity index (χ3v) is 3.77. The zero-order valence-corrected chi connectivity index (χ0v) is 12.5. The number of hydrogen-bond donors (Lipinski definition) is 0. The molecule has 0 amide bonds. The summed E-state index contributed by atoms with van der Waals surface area (Å²) < 4.78 is 33.3. The summed E-state index contributed by atoms with van der Waals surface area (Å²) in [5.41, 5.74) is -0.434. The number of non-ortho nitro benzene ring substituents is 1. The van der Waals surface area contributed by atoms with Crippen molar-refractivity contribution in [3.05, 3.63) is 22.2 Å². The zero-order valence-electron chi connectivity index (χ0n) is 11.0. The maximum Gasteiger partial charge on any atom is 0.274 e. The summed E-state index contributed by atoms with van der Waals surface area (Å²) in [7, 11) is 2.31. The van der Waals surface area contributed by atoms with Gasteiger partial charge in [0.2, 0.25) is 0 Å². The van der Waals surface area contributed by atoms with Gasteiger partial charge in [0.1, 0.15) is 4.90 Å². The normalized spacial score (nSPS) is 11.2. The Morgan fingerprint density at radius 3 is 2.50 bits per heavy atom. The predicted molar refractivity (Wildman–Crippen MR) is 73.1 cm³/mol. The lowest BCUT2D eigenvalue weighted by atomic mass is 10.2. The smallest absolute Gasteiger partial charge is 0.274 e. The average molecular weight is 324 g/mol. The number of nitro benzene ring substituents is 1. The highest BCUT2D eigenvalue weighted by molar-refractivity contribution is 8.13. The maximum absolute atomic E-state index is 11.5. The monoisotopic (exact) mass is 323 g/mol. The number of unbranched alkanes of at least 4 members (excludes halogenated alkanes) is 1. The Labute approximate surface area is 121 Å². The van der Waals surface area contributed by atoms with Crippen molar-refractivity contribution in [2.45, 2.75) is 24.7 Å². The first kappa shape index (κ1) is 16.5. The predicted octanol–water partition coefficient (Wildman–Crippen LogP) is 2.71. The summed E-state index contributed by atoms with van der Waals surface area (Å²) in [4.78, 5) is 9.62. The summed E-state index contributed by atoms with van der Waals surface area (Å²) in [5, 5.41) is 10.8. The molecular formula is C11H14ClNO6S. The minimum absolute atomic E-state index is 0.0191. The standard InChI is InChI=1S/C11H14ClNO6S/c1-3-4-5-19-9-6-8(13(14)15)7-10(11(9)18-2)20(12,16)17/h6-7H,3-5H2,1-2H3. The van der Waals surface area contributed by atoms with Crippen molar-refractivity contribution in [2.24, 2.45) is 0 Å². The van der Waals surface area contributed by atoms with Gasteiger partial charge in [0.15, 0.2) is 11.5 Å². The second kappa shape index (κ2) is 6.76. The molecule has 0 fully saturated rings. The molecular weight excluding hydrogens is 310 g/mol. The van der Waals surface area contributed by atoms with E-state index in [1.807, 2.05) is 6.92 Å². The number of nitrogens with zero attached hydrogens (tertiary/aromatic N) is 1. The van der Waals surface area contributed by atoms with Crippen LogP contribution in [-0.4, -0.2) is 27.1 Å². The molecule has 0 aliphatic carbocycles. The number of benzene rings is 1. The Hall–Kier alpha value is -1.54. The highest BCUT2D eigenvalue weighted by Gasteiger charge is 2.26. The third-order valence-electron chi connectivity index (χ3n) is 2.44. The molecule has 1 rings (SSSR count). The second-order valence-corrected chi connectivity index (χ2v) is 6.41. The molecule has 0 aliphatic heterocycles. The van der Waals surface area contributed by atoms with E-state index in [4.69, 9.17) is 20.2 Å². The van der Waals surface area contributed by atoms with Crippen LogP contribution in [0.25, 0.3) is 0 Å². The van der Waals surface area contributed by atoms with Crippen LogP contribution >= 0.6 is 10.7 Å². The van der Waals surface area contributed by atoms with Crippen molar-refractivity contribution in [3.63, 3.8) is 0 Å². The van der Waals surface area contributed by atoms with Crippen LogP contribution in [0.1, 0.15) is 19.8 Å². The molecule has 0 saturated carbocycles. The first-order chi connectivity index (χ1) is 9.31. The first-order valence-corrected chi connectivity index (χ1v) is 8.06. The van der Waals surface area contributed by atoms with Crippen molar-refractivity contribution in [1.82, 2.24) is 0 Å². The van der Waals surface area contributed by atoms with Crippen LogP contribution in [0.2, 0.25) is 0 Å². The van der Waals surface area contributed by atoms with Crippen molar-refractivity contribution in [1.29, 1.82) is 0 Å². The van der Waals surface area contributed by atoms with Gasteiger partial charge in [-0.25, -0.2) is 8.42 Å². The Kier molecular flexibility index (Phi) is 5.58. The fraction of sp³-hybridized carbons (Fsp3) is 0.455. The van der Waals surface area contributed by atoms with Gasteiger partial charge in [-0.2, -0.15) is 0 Å². The van der Waals surface area contributed by atoms with E-state index >= 15 is 0 Å². The van der Waals surface area contributed by atoms with E-state index in [0.717, 1.165) is 25.0 Å². The molecule has 0 spiro atoms. The van der Waals surface area contributed by atoms with Crippen molar-refractivity contribution >= 4 is 25.4 Å². The van der Waals surface area contributed by atoms with Crippen LogP contribution in [-0.2, 0) is 9.05 Å². The molecule has 0 unspecified atom stereocenters. The maximum atomic E-state index is 11.5. The van der Waals surface area contributed by atoms with E-state index in [1.54, 1.807) is 0 Å². The van der Waals surface area contributed by atoms with Gasteiger partial charge in [0, 0.05) is 16.7 Å². The largest absolute Gasteiger partial charge is 0.492 e. The molecule has 9 heteroatoms. The highest BCUT2D eigenvalue weighted by Crippen LogP contribution is 2.39. The number of methoxy groups -OCH3 is 1. The van der Waals surface area contributed by atoms with Crippen LogP contribution in [0.15, 0.2) is 17.0 Å². The molecule has 1 aromatic rings. The average Bonchev–Trinajstić information content (AvgIpc) is 2.36. The van der Waals surface area contributed by atoms with Crippen LogP contribution in [0, 0.1) is 10.1 Å². The molecule has 112 valence electrons. The van der Waals surface area contributed by atoms with E-state index in [2.05, 4.69) is 0 Å². The van der Waals surface area contributed by atoms with Crippen LogP contribution in [0.4, 0.5) is 5.69 Å². The molecule has 0 N–H and O–H groups in total. The van der Waals surface area contributed by atoms with Gasteiger partial charge in [-0.15, -0.1) is 0 Å². The minimum atomic E-state index is -4.19. The summed E-state index contributed by atoms with van der Waals surface area (Å²) in [6.07, 6.45) is 1.58. The van der Waals surface area contributed by atoms with Crippen molar-refractivity contribution in [2.75, 3.05) is 13.7 Å². The Morgan fingerprint density at radius 1 is 1.40 bits per heavy atom. The number of halogens is 1. The fourth-order valence-corrected chi connectivity index (χ4v) is 2.49. The van der Waals surface area contributed by atoms with E-state index in [1.165, 1.54) is 7.11 Å². The van der Waals surface area contributed by atoms with Gasteiger partial charge in [0.05, 0.1) is 24.7 Å². The summed E-state index contributed by atoms with van der Waals surface area (Å²) in [6.45, 7) is 2.23. The number of hydrogen-bond acceptors (Lipinski definition) is 6. The van der Waals surface area contributed by atoms with E-state index in [0.29, 0.717) is 0 Å². The topological polar surface area (TPSA) is 95.7 Å². The van der Waals surface area contributed by atoms with E-state index in [-0.39, 0.29) is 18.1 Å². The fourth-order valence-electron chi connectivity index (χ4n) is 1.48.